The minimum absolute atomic E-state index is 1.09. The van der Waals surface area contributed by atoms with Gasteiger partial charge in [-0.05, 0) is 19.9 Å². The number of nitrogens with zero attached hydrogens (tertiary/aromatic N) is 2. The molecule has 1 aromatic heterocycles. The minimum atomic E-state index is 1.09. The van der Waals surface area contributed by atoms with Gasteiger partial charge in [0.05, 0.1) is 5.69 Å². The van der Waals surface area contributed by atoms with E-state index in [1.807, 2.05) is 25.6 Å². The van der Waals surface area contributed by atoms with Crippen LogP contribution in [0.5, 0.6) is 0 Å². The normalized spacial score (nSPS) is 9.88. The molecule has 0 bridgehead atoms. The molecule has 0 unspecified atom stereocenters. The van der Waals surface area contributed by atoms with Gasteiger partial charge in [-0.2, -0.15) is 5.10 Å². The summed E-state index contributed by atoms with van der Waals surface area (Å²) in [6.07, 6.45) is 0. The maximum atomic E-state index is 4.13. The monoisotopic (exact) mass is 110 g/mol. The van der Waals surface area contributed by atoms with Gasteiger partial charge in [0.15, 0.2) is 0 Å². The first-order chi connectivity index (χ1) is 3.70. The van der Waals surface area contributed by atoms with Gasteiger partial charge in [0.2, 0.25) is 0 Å². The van der Waals surface area contributed by atoms with Crippen LogP contribution in [0, 0.1) is 13.8 Å². The molecule has 1 heterocycles. The van der Waals surface area contributed by atoms with E-state index in [1.165, 1.54) is 5.69 Å². The summed E-state index contributed by atoms with van der Waals surface area (Å²) in [4.78, 5) is 0. The van der Waals surface area contributed by atoms with E-state index in [-0.39, 0.29) is 0 Å². The maximum Gasteiger partial charge on any atom is 0.0596 e. The Morgan fingerprint density at radius 3 is 2.25 bits per heavy atom. The standard InChI is InChI=1S/C6H10N2/c1-5-4-6(2)8(3)7-5/h4H,1-3H3. The van der Waals surface area contributed by atoms with Crippen molar-refractivity contribution < 1.29 is 0 Å². The lowest BCUT2D eigenvalue weighted by Gasteiger charge is -1.87. The van der Waals surface area contributed by atoms with Gasteiger partial charge in [0, 0.05) is 12.7 Å². The second-order valence-corrected chi connectivity index (χ2v) is 2.05. The average molecular weight is 110 g/mol. The number of rotatable bonds is 0. The van der Waals surface area contributed by atoms with Crippen molar-refractivity contribution in [3.8, 4) is 0 Å². The van der Waals surface area contributed by atoms with Crippen molar-refractivity contribution >= 4 is 0 Å². The van der Waals surface area contributed by atoms with Gasteiger partial charge < -0.3 is 0 Å². The lowest BCUT2D eigenvalue weighted by molar-refractivity contribution is 0.731. The molecule has 8 heavy (non-hydrogen) atoms. The van der Waals surface area contributed by atoms with Gasteiger partial charge in [-0.3, -0.25) is 4.68 Å². The van der Waals surface area contributed by atoms with Crippen LogP contribution in [0.4, 0.5) is 0 Å². The van der Waals surface area contributed by atoms with Crippen molar-refractivity contribution in [2.24, 2.45) is 7.05 Å². The number of aryl methyl sites for hydroxylation is 3. The van der Waals surface area contributed by atoms with Crippen LogP contribution >= 0.6 is 0 Å². The van der Waals surface area contributed by atoms with E-state index < -0.39 is 0 Å². The summed E-state index contributed by atoms with van der Waals surface area (Å²) < 4.78 is 1.87. The van der Waals surface area contributed by atoms with Crippen LogP contribution in [0.15, 0.2) is 6.07 Å². The fourth-order valence-corrected chi connectivity index (χ4v) is 0.740. The van der Waals surface area contributed by atoms with Crippen LogP contribution in [0.2, 0.25) is 0 Å². The average Bonchev–Trinajstić information content (AvgIpc) is 1.85. The molecule has 0 aliphatic heterocycles. The molecule has 0 saturated carbocycles. The molecule has 0 radical (unpaired) electrons. The Bertz CT molecular complexity index is 169. The van der Waals surface area contributed by atoms with E-state index in [1.54, 1.807) is 0 Å². The van der Waals surface area contributed by atoms with E-state index in [2.05, 4.69) is 11.2 Å². The van der Waals surface area contributed by atoms with E-state index in [0.29, 0.717) is 0 Å². The van der Waals surface area contributed by atoms with E-state index in [0.717, 1.165) is 5.69 Å². The molecular weight excluding hydrogens is 100 g/mol. The Kier molecular flexibility index (Phi) is 1.08. The van der Waals surface area contributed by atoms with Crippen LogP contribution in [0.1, 0.15) is 11.4 Å². The SMILES string of the molecule is Cc1cc(C)n(C)n1. The maximum absolute atomic E-state index is 4.13. The largest absolute Gasteiger partial charge is 0.273 e. The third kappa shape index (κ3) is 0.735. The van der Waals surface area contributed by atoms with Crippen LogP contribution in [0.25, 0.3) is 0 Å². The third-order valence-electron chi connectivity index (χ3n) is 1.24. The highest BCUT2D eigenvalue weighted by Gasteiger charge is 1.91. The van der Waals surface area contributed by atoms with Crippen molar-refractivity contribution in [3.63, 3.8) is 0 Å². The molecule has 0 aliphatic rings. The summed E-state index contributed by atoms with van der Waals surface area (Å²) in [6, 6.07) is 2.06. The Hall–Kier alpha value is -0.790. The summed E-state index contributed by atoms with van der Waals surface area (Å²) >= 11 is 0. The Morgan fingerprint density at radius 1 is 1.50 bits per heavy atom. The fourth-order valence-electron chi connectivity index (χ4n) is 0.740. The summed E-state index contributed by atoms with van der Waals surface area (Å²) in [5.74, 6) is 0. The predicted molar refractivity (Wildman–Crippen MR) is 32.7 cm³/mol. The molecule has 1 rings (SSSR count). The Morgan fingerprint density at radius 2 is 2.12 bits per heavy atom. The van der Waals surface area contributed by atoms with Gasteiger partial charge in [-0.15, -0.1) is 0 Å². The first-order valence-electron chi connectivity index (χ1n) is 2.67. The number of hydrogen-bond donors (Lipinski definition) is 0. The summed E-state index contributed by atoms with van der Waals surface area (Å²) in [5, 5.41) is 4.13. The number of hydrogen-bond acceptors (Lipinski definition) is 1. The summed E-state index contributed by atoms with van der Waals surface area (Å²) in [6.45, 7) is 4.03. The van der Waals surface area contributed by atoms with Crippen molar-refractivity contribution in [2.45, 2.75) is 13.8 Å². The molecule has 0 fully saturated rings. The Labute approximate surface area is 49.1 Å². The molecule has 2 nitrogen and oxygen atoms in total. The van der Waals surface area contributed by atoms with Crippen molar-refractivity contribution in [2.75, 3.05) is 0 Å². The molecule has 0 atom stereocenters. The molecule has 0 aromatic carbocycles. The predicted octanol–water partition coefficient (Wildman–Crippen LogP) is 1.04. The van der Waals surface area contributed by atoms with Crippen LogP contribution in [0.3, 0.4) is 0 Å². The lowest BCUT2D eigenvalue weighted by atomic mass is 10.4. The molecule has 1 aromatic rings. The van der Waals surface area contributed by atoms with Gasteiger partial charge in [-0.25, -0.2) is 0 Å². The zero-order valence-corrected chi connectivity index (χ0v) is 5.47. The Balaban J connectivity index is 3.14. The quantitative estimate of drug-likeness (QED) is 0.488. The molecule has 0 amide bonds. The zero-order chi connectivity index (χ0) is 6.15. The lowest BCUT2D eigenvalue weighted by Crippen LogP contribution is -1.91. The molecule has 0 aliphatic carbocycles. The highest BCUT2D eigenvalue weighted by molar-refractivity contribution is 5.05. The van der Waals surface area contributed by atoms with Gasteiger partial charge in [0.1, 0.15) is 0 Å². The third-order valence-corrected chi connectivity index (χ3v) is 1.24. The number of aromatic nitrogens is 2. The van der Waals surface area contributed by atoms with Crippen molar-refractivity contribution in [1.29, 1.82) is 0 Å². The molecule has 0 saturated heterocycles. The molecule has 0 N–H and O–H groups in total. The van der Waals surface area contributed by atoms with Crippen LogP contribution < -0.4 is 0 Å². The first kappa shape index (κ1) is 5.35. The molecule has 0 spiro atoms. The van der Waals surface area contributed by atoms with E-state index >= 15 is 0 Å². The zero-order valence-electron chi connectivity index (χ0n) is 5.47. The summed E-state index contributed by atoms with van der Waals surface area (Å²) in [5.41, 5.74) is 2.30. The van der Waals surface area contributed by atoms with E-state index in [4.69, 9.17) is 0 Å². The molecule has 2 heteroatoms. The van der Waals surface area contributed by atoms with Crippen molar-refractivity contribution in [1.82, 2.24) is 9.78 Å². The van der Waals surface area contributed by atoms with E-state index in [9.17, 15) is 0 Å². The van der Waals surface area contributed by atoms with Crippen LogP contribution in [-0.4, -0.2) is 9.78 Å². The van der Waals surface area contributed by atoms with Crippen LogP contribution in [-0.2, 0) is 7.05 Å². The fraction of sp³-hybridized carbons (Fsp3) is 0.500. The molecular formula is C6H10N2. The highest BCUT2D eigenvalue weighted by atomic mass is 15.3. The topological polar surface area (TPSA) is 17.8 Å². The smallest absolute Gasteiger partial charge is 0.0596 e. The second-order valence-electron chi connectivity index (χ2n) is 2.05. The van der Waals surface area contributed by atoms with Gasteiger partial charge in [-0.1, -0.05) is 0 Å². The van der Waals surface area contributed by atoms with Gasteiger partial charge >= 0.3 is 0 Å². The second kappa shape index (κ2) is 1.62. The van der Waals surface area contributed by atoms with Gasteiger partial charge in [0.25, 0.3) is 0 Å². The first-order valence-corrected chi connectivity index (χ1v) is 2.67. The summed E-state index contributed by atoms with van der Waals surface area (Å²) in [7, 11) is 1.95. The van der Waals surface area contributed by atoms with Crippen molar-refractivity contribution in [3.05, 3.63) is 17.5 Å². The highest BCUT2D eigenvalue weighted by Crippen LogP contribution is 1.96. The minimum Gasteiger partial charge on any atom is -0.273 e. The molecule has 44 valence electrons.